The van der Waals surface area contributed by atoms with Gasteiger partial charge in [-0.1, -0.05) is 12.1 Å². The first kappa shape index (κ1) is 14.0. The van der Waals surface area contributed by atoms with E-state index in [0.717, 1.165) is 37.0 Å². The molecular formula is C16H21FN4. The molecule has 1 aliphatic rings. The number of benzene rings is 1. The summed E-state index contributed by atoms with van der Waals surface area (Å²) in [7, 11) is 0. The maximum atomic E-state index is 13.0. The zero-order chi connectivity index (χ0) is 14.7. The average Bonchev–Trinajstić information content (AvgIpc) is 2.93. The van der Waals surface area contributed by atoms with Crippen molar-refractivity contribution in [2.24, 2.45) is 0 Å². The monoisotopic (exact) mass is 288 g/mol. The molecule has 0 spiro atoms. The van der Waals surface area contributed by atoms with Gasteiger partial charge in [0.15, 0.2) is 0 Å². The quantitative estimate of drug-likeness (QED) is 0.867. The average molecular weight is 288 g/mol. The highest BCUT2D eigenvalue weighted by Gasteiger charge is 2.19. The van der Waals surface area contributed by atoms with Crippen LogP contribution in [0.3, 0.4) is 0 Å². The predicted octanol–water partition coefficient (Wildman–Crippen LogP) is 3.02. The molecule has 2 aromatic rings. The molecule has 5 heteroatoms. The standard InChI is InChI=1S/C16H21FN4/c1-2-21-15(12-13-6-8-14(17)9-7-13)18-19-16(21)20-10-4-3-5-11-20/h6-9H,2-5,10-12H2,1H3. The van der Waals surface area contributed by atoms with Crippen molar-refractivity contribution < 1.29 is 4.39 Å². The molecule has 112 valence electrons. The molecule has 3 rings (SSSR count). The lowest BCUT2D eigenvalue weighted by Gasteiger charge is -2.27. The maximum absolute atomic E-state index is 13.0. The van der Waals surface area contributed by atoms with E-state index in [1.807, 2.05) is 12.1 Å². The predicted molar refractivity (Wildman–Crippen MR) is 81.0 cm³/mol. The van der Waals surface area contributed by atoms with Crippen LogP contribution in [0.5, 0.6) is 0 Å². The minimum absolute atomic E-state index is 0.204. The lowest BCUT2D eigenvalue weighted by Crippen LogP contribution is -2.32. The Morgan fingerprint density at radius 3 is 2.43 bits per heavy atom. The lowest BCUT2D eigenvalue weighted by molar-refractivity contribution is 0.554. The molecule has 0 aliphatic carbocycles. The largest absolute Gasteiger partial charge is 0.341 e. The van der Waals surface area contributed by atoms with Gasteiger partial charge in [-0.2, -0.15) is 0 Å². The molecule has 2 heterocycles. The van der Waals surface area contributed by atoms with Gasteiger partial charge >= 0.3 is 0 Å². The summed E-state index contributed by atoms with van der Waals surface area (Å²) in [5.41, 5.74) is 1.06. The third-order valence-corrected chi connectivity index (χ3v) is 4.04. The molecule has 1 aromatic carbocycles. The van der Waals surface area contributed by atoms with E-state index in [1.165, 1.54) is 31.4 Å². The van der Waals surface area contributed by atoms with Crippen molar-refractivity contribution >= 4 is 5.95 Å². The fourth-order valence-electron chi connectivity index (χ4n) is 2.89. The highest BCUT2D eigenvalue weighted by Crippen LogP contribution is 2.20. The number of rotatable bonds is 4. The molecule has 0 radical (unpaired) electrons. The second-order valence-electron chi connectivity index (χ2n) is 5.51. The molecule has 0 atom stereocenters. The third-order valence-electron chi connectivity index (χ3n) is 4.04. The van der Waals surface area contributed by atoms with Gasteiger partial charge in [-0.25, -0.2) is 4.39 Å². The van der Waals surface area contributed by atoms with Crippen LogP contribution in [0.4, 0.5) is 10.3 Å². The Morgan fingerprint density at radius 1 is 1.05 bits per heavy atom. The molecular weight excluding hydrogens is 267 g/mol. The summed E-state index contributed by atoms with van der Waals surface area (Å²) in [6, 6.07) is 6.61. The van der Waals surface area contributed by atoms with Gasteiger partial charge < -0.3 is 4.90 Å². The summed E-state index contributed by atoms with van der Waals surface area (Å²) in [4.78, 5) is 2.33. The van der Waals surface area contributed by atoms with Gasteiger partial charge in [-0.3, -0.25) is 4.57 Å². The topological polar surface area (TPSA) is 34.0 Å². The minimum atomic E-state index is -0.204. The van der Waals surface area contributed by atoms with Crippen LogP contribution in [-0.4, -0.2) is 27.9 Å². The number of piperidine rings is 1. The van der Waals surface area contributed by atoms with E-state index in [4.69, 9.17) is 0 Å². The van der Waals surface area contributed by atoms with Crippen LogP contribution in [0.1, 0.15) is 37.6 Å². The van der Waals surface area contributed by atoms with E-state index in [2.05, 4.69) is 26.6 Å². The Hall–Kier alpha value is -1.91. The van der Waals surface area contributed by atoms with Crippen molar-refractivity contribution in [1.82, 2.24) is 14.8 Å². The minimum Gasteiger partial charge on any atom is -0.341 e. The smallest absolute Gasteiger partial charge is 0.227 e. The maximum Gasteiger partial charge on any atom is 0.227 e. The summed E-state index contributed by atoms with van der Waals surface area (Å²) in [6.45, 7) is 5.10. The first-order valence-electron chi connectivity index (χ1n) is 7.69. The van der Waals surface area contributed by atoms with Gasteiger partial charge in [0.25, 0.3) is 0 Å². The summed E-state index contributed by atoms with van der Waals surface area (Å²) < 4.78 is 15.2. The molecule has 1 saturated heterocycles. The Morgan fingerprint density at radius 2 is 1.76 bits per heavy atom. The number of hydrogen-bond donors (Lipinski definition) is 0. The van der Waals surface area contributed by atoms with Crippen LogP contribution in [0.25, 0.3) is 0 Å². The van der Waals surface area contributed by atoms with E-state index in [9.17, 15) is 4.39 Å². The summed E-state index contributed by atoms with van der Waals surface area (Å²) >= 11 is 0. The van der Waals surface area contributed by atoms with Crippen molar-refractivity contribution in [3.05, 3.63) is 41.5 Å². The normalized spacial score (nSPS) is 15.4. The van der Waals surface area contributed by atoms with Gasteiger partial charge in [0.2, 0.25) is 5.95 Å². The van der Waals surface area contributed by atoms with Crippen LogP contribution >= 0.6 is 0 Å². The number of hydrogen-bond acceptors (Lipinski definition) is 3. The molecule has 0 amide bonds. The number of nitrogens with zero attached hydrogens (tertiary/aromatic N) is 4. The molecule has 4 nitrogen and oxygen atoms in total. The SMILES string of the molecule is CCn1c(Cc2ccc(F)cc2)nnc1N1CCCCC1. The van der Waals surface area contributed by atoms with E-state index in [0.29, 0.717) is 6.42 Å². The van der Waals surface area contributed by atoms with E-state index >= 15 is 0 Å². The fourth-order valence-corrected chi connectivity index (χ4v) is 2.89. The van der Waals surface area contributed by atoms with E-state index in [1.54, 1.807) is 0 Å². The molecule has 21 heavy (non-hydrogen) atoms. The summed E-state index contributed by atoms with van der Waals surface area (Å²) in [5.74, 6) is 1.73. The third kappa shape index (κ3) is 3.06. The van der Waals surface area contributed by atoms with Crippen LogP contribution < -0.4 is 4.90 Å². The number of anilines is 1. The Kier molecular flexibility index (Phi) is 4.18. The van der Waals surface area contributed by atoms with Gasteiger partial charge in [-0.05, 0) is 43.9 Å². The van der Waals surface area contributed by atoms with Gasteiger partial charge in [0, 0.05) is 26.1 Å². The second-order valence-corrected chi connectivity index (χ2v) is 5.51. The van der Waals surface area contributed by atoms with E-state index in [-0.39, 0.29) is 5.82 Å². The summed E-state index contributed by atoms with van der Waals surface area (Å²) in [5, 5.41) is 8.75. The molecule has 1 aromatic heterocycles. The highest BCUT2D eigenvalue weighted by atomic mass is 19.1. The van der Waals surface area contributed by atoms with E-state index < -0.39 is 0 Å². The van der Waals surface area contributed by atoms with Crippen LogP contribution in [-0.2, 0) is 13.0 Å². The van der Waals surface area contributed by atoms with Gasteiger partial charge in [0.05, 0.1) is 0 Å². The van der Waals surface area contributed by atoms with Crippen LogP contribution in [0.2, 0.25) is 0 Å². The zero-order valence-electron chi connectivity index (χ0n) is 12.4. The first-order chi connectivity index (χ1) is 10.3. The fraction of sp³-hybridized carbons (Fsp3) is 0.500. The Labute approximate surface area is 124 Å². The van der Waals surface area contributed by atoms with Crippen molar-refractivity contribution in [1.29, 1.82) is 0 Å². The highest BCUT2D eigenvalue weighted by molar-refractivity contribution is 5.33. The lowest BCUT2D eigenvalue weighted by atomic mass is 10.1. The Balaban J connectivity index is 1.82. The van der Waals surface area contributed by atoms with Gasteiger partial charge in [0.1, 0.15) is 11.6 Å². The van der Waals surface area contributed by atoms with Crippen molar-refractivity contribution in [2.75, 3.05) is 18.0 Å². The zero-order valence-corrected chi connectivity index (χ0v) is 12.4. The Bertz CT molecular complexity index is 585. The van der Waals surface area contributed by atoms with Crippen LogP contribution in [0.15, 0.2) is 24.3 Å². The number of halogens is 1. The van der Waals surface area contributed by atoms with Crippen molar-refractivity contribution in [3.8, 4) is 0 Å². The molecule has 1 fully saturated rings. The molecule has 0 unspecified atom stereocenters. The molecule has 0 N–H and O–H groups in total. The molecule has 0 bridgehead atoms. The van der Waals surface area contributed by atoms with Crippen molar-refractivity contribution in [2.45, 2.75) is 39.2 Å². The first-order valence-corrected chi connectivity index (χ1v) is 7.69. The second kappa shape index (κ2) is 6.24. The van der Waals surface area contributed by atoms with Crippen molar-refractivity contribution in [3.63, 3.8) is 0 Å². The van der Waals surface area contributed by atoms with Crippen LogP contribution in [0, 0.1) is 5.82 Å². The number of aromatic nitrogens is 3. The molecule has 0 saturated carbocycles. The molecule has 1 aliphatic heterocycles. The van der Waals surface area contributed by atoms with Gasteiger partial charge in [-0.15, -0.1) is 10.2 Å². The summed E-state index contributed by atoms with van der Waals surface area (Å²) in [6.07, 6.45) is 4.45.